The Morgan fingerprint density at radius 3 is 2.78 bits per heavy atom. The number of benzene rings is 1. The van der Waals surface area contributed by atoms with Crippen LogP contribution >= 0.6 is 27.3 Å². The quantitative estimate of drug-likeness (QED) is 0.836. The SMILES string of the molecule is CN(Cc1csc(Br)c1)C(=O)c1ccccc1F. The summed E-state index contributed by atoms with van der Waals surface area (Å²) in [6.07, 6.45) is 0. The molecule has 1 aromatic carbocycles. The summed E-state index contributed by atoms with van der Waals surface area (Å²) >= 11 is 4.93. The summed E-state index contributed by atoms with van der Waals surface area (Å²) < 4.78 is 14.5. The molecule has 0 spiro atoms. The molecule has 0 radical (unpaired) electrons. The first-order valence-corrected chi connectivity index (χ1v) is 6.98. The highest BCUT2D eigenvalue weighted by atomic mass is 79.9. The molecule has 0 bridgehead atoms. The summed E-state index contributed by atoms with van der Waals surface area (Å²) in [6.45, 7) is 0.468. The van der Waals surface area contributed by atoms with Crippen molar-refractivity contribution in [2.45, 2.75) is 6.54 Å². The highest BCUT2D eigenvalue weighted by Crippen LogP contribution is 2.22. The first-order valence-electron chi connectivity index (χ1n) is 5.31. The van der Waals surface area contributed by atoms with Crippen LogP contribution < -0.4 is 0 Å². The Labute approximate surface area is 117 Å². The van der Waals surface area contributed by atoms with Gasteiger partial charge < -0.3 is 4.90 Å². The van der Waals surface area contributed by atoms with E-state index in [0.717, 1.165) is 9.35 Å². The molecule has 0 fully saturated rings. The normalized spacial score (nSPS) is 10.4. The van der Waals surface area contributed by atoms with Crippen LogP contribution in [-0.4, -0.2) is 17.9 Å². The molecular weight excluding hydrogens is 317 g/mol. The van der Waals surface area contributed by atoms with Gasteiger partial charge in [-0.3, -0.25) is 4.79 Å². The van der Waals surface area contributed by atoms with Crippen LogP contribution in [-0.2, 0) is 6.54 Å². The molecule has 0 aliphatic rings. The summed E-state index contributed by atoms with van der Waals surface area (Å²) in [7, 11) is 1.67. The monoisotopic (exact) mass is 327 g/mol. The maximum atomic E-state index is 13.5. The van der Waals surface area contributed by atoms with Gasteiger partial charge in [0.05, 0.1) is 9.35 Å². The maximum absolute atomic E-state index is 13.5. The fourth-order valence-corrected chi connectivity index (χ4v) is 2.81. The molecule has 0 saturated carbocycles. The molecule has 2 nitrogen and oxygen atoms in total. The van der Waals surface area contributed by atoms with Gasteiger partial charge in [0, 0.05) is 13.6 Å². The Hall–Kier alpha value is -1.20. The van der Waals surface area contributed by atoms with Crippen LogP contribution in [0.5, 0.6) is 0 Å². The minimum absolute atomic E-state index is 0.106. The highest BCUT2D eigenvalue weighted by Gasteiger charge is 2.16. The molecule has 0 saturated heterocycles. The molecule has 2 aromatic rings. The van der Waals surface area contributed by atoms with Gasteiger partial charge in [0.15, 0.2) is 0 Å². The zero-order valence-corrected chi connectivity index (χ0v) is 12.1. The Morgan fingerprint density at radius 2 is 2.17 bits per heavy atom. The van der Waals surface area contributed by atoms with Crippen molar-refractivity contribution in [3.63, 3.8) is 0 Å². The molecule has 0 aliphatic heterocycles. The fraction of sp³-hybridized carbons (Fsp3) is 0.154. The molecular formula is C13H11BrFNOS. The van der Waals surface area contributed by atoms with Crippen LogP contribution in [0.2, 0.25) is 0 Å². The second-order valence-electron chi connectivity index (χ2n) is 3.90. The van der Waals surface area contributed by atoms with Crippen molar-refractivity contribution >= 4 is 33.2 Å². The van der Waals surface area contributed by atoms with Crippen LogP contribution in [0.15, 0.2) is 39.5 Å². The lowest BCUT2D eigenvalue weighted by atomic mass is 10.2. The van der Waals surface area contributed by atoms with Crippen molar-refractivity contribution in [2.75, 3.05) is 7.05 Å². The molecule has 0 unspecified atom stereocenters. The number of thiophene rings is 1. The molecule has 18 heavy (non-hydrogen) atoms. The average molecular weight is 328 g/mol. The number of hydrogen-bond donors (Lipinski definition) is 0. The van der Waals surface area contributed by atoms with E-state index in [1.165, 1.54) is 17.0 Å². The molecule has 2 rings (SSSR count). The van der Waals surface area contributed by atoms with E-state index in [-0.39, 0.29) is 11.5 Å². The summed E-state index contributed by atoms with van der Waals surface area (Å²) in [5, 5.41) is 1.97. The van der Waals surface area contributed by atoms with Gasteiger partial charge in [0.2, 0.25) is 0 Å². The predicted octanol–water partition coefficient (Wildman–Crippen LogP) is 3.92. The van der Waals surface area contributed by atoms with E-state index in [1.807, 2.05) is 11.4 Å². The molecule has 5 heteroatoms. The Kier molecular flexibility index (Phi) is 4.14. The van der Waals surface area contributed by atoms with Gasteiger partial charge in [0.1, 0.15) is 5.82 Å². The van der Waals surface area contributed by atoms with Crippen LogP contribution in [0, 0.1) is 5.82 Å². The largest absolute Gasteiger partial charge is 0.337 e. The number of amides is 1. The van der Waals surface area contributed by atoms with E-state index in [4.69, 9.17) is 0 Å². The highest BCUT2D eigenvalue weighted by molar-refractivity contribution is 9.11. The van der Waals surface area contributed by atoms with E-state index < -0.39 is 5.82 Å². The summed E-state index contributed by atoms with van der Waals surface area (Å²) in [6, 6.07) is 7.98. The van der Waals surface area contributed by atoms with Crippen molar-refractivity contribution in [1.29, 1.82) is 0 Å². The number of nitrogens with zero attached hydrogens (tertiary/aromatic N) is 1. The van der Waals surface area contributed by atoms with Crippen LogP contribution in [0.25, 0.3) is 0 Å². The fourth-order valence-electron chi connectivity index (χ4n) is 1.61. The Balaban J connectivity index is 2.12. The van der Waals surface area contributed by atoms with E-state index in [2.05, 4.69) is 15.9 Å². The van der Waals surface area contributed by atoms with Crippen LogP contribution in [0.3, 0.4) is 0 Å². The van der Waals surface area contributed by atoms with Crippen LogP contribution in [0.1, 0.15) is 15.9 Å². The second kappa shape index (κ2) is 5.63. The standard InChI is InChI=1S/C13H11BrFNOS/c1-16(7-9-6-12(14)18-8-9)13(17)10-4-2-3-5-11(10)15/h2-6,8H,7H2,1H3. The zero-order valence-electron chi connectivity index (χ0n) is 9.69. The van der Waals surface area contributed by atoms with E-state index in [0.29, 0.717) is 6.54 Å². The molecule has 1 heterocycles. The predicted molar refractivity (Wildman–Crippen MR) is 74.2 cm³/mol. The summed E-state index contributed by atoms with van der Waals surface area (Å²) in [4.78, 5) is 13.6. The third-order valence-corrected chi connectivity index (χ3v) is 4.05. The van der Waals surface area contributed by atoms with Crippen LogP contribution in [0.4, 0.5) is 4.39 Å². The summed E-state index contributed by atoms with van der Waals surface area (Å²) in [5.41, 5.74) is 1.13. The summed E-state index contributed by atoms with van der Waals surface area (Å²) in [5.74, 6) is -0.795. The van der Waals surface area contributed by atoms with Crippen molar-refractivity contribution in [3.05, 3.63) is 56.4 Å². The topological polar surface area (TPSA) is 20.3 Å². The lowest BCUT2D eigenvalue weighted by molar-refractivity contribution is 0.0780. The number of halogens is 2. The first-order chi connectivity index (χ1) is 8.58. The van der Waals surface area contributed by atoms with Gasteiger partial charge in [-0.15, -0.1) is 11.3 Å². The first kappa shape index (κ1) is 13.2. The van der Waals surface area contributed by atoms with Gasteiger partial charge in [-0.05, 0) is 45.1 Å². The maximum Gasteiger partial charge on any atom is 0.256 e. The molecule has 1 amide bonds. The number of rotatable bonds is 3. The molecule has 0 N–H and O–H groups in total. The number of carbonyl (C=O) groups excluding carboxylic acids is 1. The Morgan fingerprint density at radius 1 is 1.44 bits per heavy atom. The van der Waals surface area contributed by atoms with Gasteiger partial charge in [-0.1, -0.05) is 12.1 Å². The van der Waals surface area contributed by atoms with Gasteiger partial charge >= 0.3 is 0 Å². The smallest absolute Gasteiger partial charge is 0.256 e. The van der Waals surface area contributed by atoms with Gasteiger partial charge in [-0.25, -0.2) is 4.39 Å². The minimum Gasteiger partial charge on any atom is -0.337 e. The molecule has 0 aliphatic carbocycles. The van der Waals surface area contributed by atoms with Gasteiger partial charge in [-0.2, -0.15) is 0 Å². The molecule has 94 valence electrons. The van der Waals surface area contributed by atoms with Gasteiger partial charge in [0.25, 0.3) is 5.91 Å². The van der Waals surface area contributed by atoms with Crippen molar-refractivity contribution in [3.8, 4) is 0 Å². The van der Waals surface area contributed by atoms with Crippen molar-refractivity contribution in [2.24, 2.45) is 0 Å². The van der Waals surface area contributed by atoms with E-state index in [1.54, 1.807) is 30.5 Å². The third kappa shape index (κ3) is 2.97. The average Bonchev–Trinajstić information content (AvgIpc) is 2.74. The molecule has 1 aromatic heterocycles. The lowest BCUT2D eigenvalue weighted by Gasteiger charge is -2.16. The van der Waals surface area contributed by atoms with E-state index in [9.17, 15) is 9.18 Å². The minimum atomic E-state index is -0.485. The van der Waals surface area contributed by atoms with Crippen molar-refractivity contribution < 1.29 is 9.18 Å². The van der Waals surface area contributed by atoms with E-state index >= 15 is 0 Å². The third-order valence-electron chi connectivity index (χ3n) is 2.49. The molecule has 0 atom stereocenters. The number of carbonyl (C=O) groups is 1. The lowest BCUT2D eigenvalue weighted by Crippen LogP contribution is -2.26. The zero-order chi connectivity index (χ0) is 13.1. The second-order valence-corrected chi connectivity index (χ2v) is 6.19. The number of hydrogen-bond acceptors (Lipinski definition) is 2. The van der Waals surface area contributed by atoms with Crippen molar-refractivity contribution in [1.82, 2.24) is 4.90 Å². The Bertz CT molecular complexity index is 570.